The molecule has 8 heteroatoms. The van der Waals surface area contributed by atoms with E-state index in [0.29, 0.717) is 11.7 Å². The van der Waals surface area contributed by atoms with Crippen LogP contribution >= 0.6 is 11.8 Å². The summed E-state index contributed by atoms with van der Waals surface area (Å²) in [7, 11) is 3.35. The number of fused-ring (bicyclic) bond motifs is 1. The van der Waals surface area contributed by atoms with Crippen molar-refractivity contribution in [3.05, 3.63) is 7.05 Å². The number of carbonyl (C=O) groups is 2. The fraction of sp³-hybridized carbons (Fsp3) is 0.733. The van der Waals surface area contributed by atoms with Gasteiger partial charge in [0.2, 0.25) is 0 Å². The molecular formula is C15H25N3O3SY-2. The number of nitrogens with one attached hydrogen (secondary N) is 3. The number of hydrogen-bond acceptors (Lipinski definition) is 4. The van der Waals surface area contributed by atoms with Crippen LogP contribution in [0, 0.1) is 7.05 Å². The molecule has 2 aliphatic heterocycles. The van der Waals surface area contributed by atoms with Crippen molar-refractivity contribution >= 4 is 30.0 Å². The van der Waals surface area contributed by atoms with Crippen LogP contribution in [0.4, 0.5) is 4.79 Å². The van der Waals surface area contributed by atoms with Gasteiger partial charge >= 0.3 is 6.03 Å². The van der Waals surface area contributed by atoms with Gasteiger partial charge in [-0.3, -0.25) is 18.1 Å². The quantitative estimate of drug-likeness (QED) is 0.360. The van der Waals surface area contributed by atoms with E-state index < -0.39 is 0 Å². The van der Waals surface area contributed by atoms with E-state index in [2.05, 4.69) is 36.8 Å². The zero-order valence-corrected chi connectivity index (χ0v) is 17.7. The summed E-state index contributed by atoms with van der Waals surface area (Å²) in [4.78, 5) is 31.4. The maximum absolute atomic E-state index is 11.6. The number of thioether (sulfide) groups is 1. The summed E-state index contributed by atoms with van der Waals surface area (Å²) < 4.78 is 0. The average Bonchev–Trinajstić information content (AvgIpc) is 2.81. The summed E-state index contributed by atoms with van der Waals surface area (Å²) in [6.07, 6.45) is 4.90. The molecule has 2 saturated heterocycles. The summed E-state index contributed by atoms with van der Waals surface area (Å²) in [5.74, 6) is 0.928. The smallest absolute Gasteiger partial charge is 0.315 e. The third-order valence-corrected chi connectivity index (χ3v) is 6.30. The van der Waals surface area contributed by atoms with Gasteiger partial charge in [0.05, 0.1) is 11.1 Å². The summed E-state index contributed by atoms with van der Waals surface area (Å²) in [6, 6.07) is -0.0632. The molecule has 0 unspecified atom stereocenters. The van der Waals surface area contributed by atoms with E-state index >= 15 is 0 Å². The predicted octanol–water partition coefficient (Wildman–Crippen LogP) is 1.51. The van der Waals surface area contributed by atoms with Crippen LogP contribution in [0.2, 0.25) is 0 Å². The van der Waals surface area contributed by atoms with E-state index in [1.165, 1.54) is 13.2 Å². The molecule has 6 nitrogen and oxygen atoms in total. The van der Waals surface area contributed by atoms with Gasteiger partial charge in [-0.1, -0.05) is 6.42 Å². The molecule has 0 spiro atoms. The normalized spacial score (nSPS) is 30.8. The van der Waals surface area contributed by atoms with Crippen LogP contribution in [-0.4, -0.2) is 40.3 Å². The number of rotatable bonds is 5. The van der Waals surface area contributed by atoms with Crippen LogP contribution in [0.1, 0.15) is 46.5 Å². The Bertz CT molecular complexity index is 438. The standard InChI is InChI=1S/C13H22N3O2S.C2H3O.Y/c1-12-8-19-9(6-4-5-7-10(17)14-3)13(12,2)16-11(18)15-12;1-2-3;/h9H,3-8H2,1-2H3,(H,14,17)(H2,15,16,18);1H3;/q2*-1;/t9-,12-,13+;;/m0../s1. The van der Waals surface area contributed by atoms with Gasteiger partial charge < -0.3 is 20.7 Å². The third kappa shape index (κ3) is 5.43. The number of amides is 3. The van der Waals surface area contributed by atoms with Crippen LogP contribution < -0.4 is 16.0 Å². The summed E-state index contributed by atoms with van der Waals surface area (Å²) >= 11 is 1.91. The molecule has 129 valence electrons. The summed E-state index contributed by atoms with van der Waals surface area (Å²) in [5, 5.41) is 8.91. The molecule has 2 aliphatic rings. The first-order chi connectivity index (χ1) is 10.3. The summed E-state index contributed by atoms with van der Waals surface area (Å²) in [6.45, 7) is 5.55. The molecule has 0 aromatic carbocycles. The second-order valence-corrected chi connectivity index (χ2v) is 7.15. The minimum Gasteiger partial charge on any atom is -0.542 e. The van der Waals surface area contributed by atoms with E-state index in [4.69, 9.17) is 4.79 Å². The number of hydrogen-bond donors (Lipinski definition) is 3. The van der Waals surface area contributed by atoms with Crippen molar-refractivity contribution in [2.24, 2.45) is 0 Å². The van der Waals surface area contributed by atoms with Gasteiger partial charge in [-0.05, 0) is 26.7 Å². The van der Waals surface area contributed by atoms with Crippen LogP contribution in [-0.2, 0) is 42.3 Å². The Hall–Kier alpha value is -0.136. The molecule has 2 heterocycles. The van der Waals surface area contributed by atoms with Crippen LogP contribution in [0.3, 0.4) is 0 Å². The maximum atomic E-state index is 11.6. The van der Waals surface area contributed by atoms with Gasteiger partial charge in [0, 0.05) is 50.1 Å². The SMILES string of the molecule is C[C-]=O.[CH2-]NC(=O)CCCC[C@@H]1SC[C@]2(C)NC(=O)N[C@]12C.[Y]. The van der Waals surface area contributed by atoms with Gasteiger partial charge in [0.1, 0.15) is 0 Å². The molecule has 2 fully saturated rings. The van der Waals surface area contributed by atoms with Crippen molar-refractivity contribution in [1.82, 2.24) is 16.0 Å². The number of carbonyl (C=O) groups excluding carboxylic acids is 3. The van der Waals surface area contributed by atoms with Gasteiger partial charge in [0.25, 0.3) is 0 Å². The van der Waals surface area contributed by atoms with Gasteiger partial charge in [-0.15, -0.1) is 0 Å². The second kappa shape index (κ2) is 9.99. The van der Waals surface area contributed by atoms with Crippen molar-refractivity contribution < 1.29 is 47.1 Å². The molecule has 0 bridgehead atoms. The minimum absolute atomic E-state index is 0. The zero-order chi connectivity index (χ0) is 16.8. The first kappa shape index (κ1) is 22.9. The number of urea groups is 1. The van der Waals surface area contributed by atoms with Crippen molar-refractivity contribution in [2.45, 2.75) is 62.8 Å². The van der Waals surface area contributed by atoms with Gasteiger partial charge in [0.15, 0.2) is 5.91 Å². The largest absolute Gasteiger partial charge is 0.542 e. The number of unbranched alkanes of at least 4 members (excludes halogenated alkanes) is 1. The van der Waals surface area contributed by atoms with Crippen molar-refractivity contribution in [2.75, 3.05) is 5.75 Å². The van der Waals surface area contributed by atoms with Crippen molar-refractivity contribution in [1.29, 1.82) is 0 Å². The van der Waals surface area contributed by atoms with Gasteiger partial charge in [-0.25, -0.2) is 4.79 Å². The van der Waals surface area contributed by atoms with E-state index in [9.17, 15) is 9.59 Å². The Kier molecular flexibility index (Phi) is 9.93. The van der Waals surface area contributed by atoms with Crippen LogP contribution in [0.5, 0.6) is 0 Å². The Morgan fingerprint density at radius 3 is 2.61 bits per heavy atom. The summed E-state index contributed by atoms with van der Waals surface area (Å²) in [5.41, 5.74) is -0.354. The predicted molar refractivity (Wildman–Crippen MR) is 88.1 cm³/mol. The van der Waals surface area contributed by atoms with E-state index in [1.807, 2.05) is 11.8 Å². The minimum atomic E-state index is -0.191. The molecular weight excluding hydrogens is 391 g/mol. The van der Waals surface area contributed by atoms with Crippen molar-refractivity contribution in [3.63, 3.8) is 0 Å². The molecule has 1 radical (unpaired) electrons. The molecule has 3 N–H and O–H groups in total. The molecule has 23 heavy (non-hydrogen) atoms. The van der Waals surface area contributed by atoms with Crippen molar-refractivity contribution in [3.8, 4) is 0 Å². The first-order valence-corrected chi connectivity index (χ1v) is 8.44. The topological polar surface area (TPSA) is 87.3 Å². The average molecular weight is 416 g/mol. The third-order valence-electron chi connectivity index (χ3n) is 4.44. The molecule has 0 aliphatic carbocycles. The zero-order valence-electron chi connectivity index (χ0n) is 14.0. The van der Waals surface area contributed by atoms with E-state index in [0.717, 1.165) is 25.0 Å². The fourth-order valence-electron chi connectivity index (χ4n) is 2.92. The van der Waals surface area contributed by atoms with Crippen LogP contribution in [0.15, 0.2) is 0 Å². The van der Waals surface area contributed by atoms with E-state index in [-0.39, 0.29) is 55.7 Å². The fourth-order valence-corrected chi connectivity index (χ4v) is 4.81. The Labute approximate surface area is 167 Å². The molecule has 0 aromatic rings. The Balaban J connectivity index is 0.00000112. The van der Waals surface area contributed by atoms with E-state index in [1.54, 1.807) is 0 Å². The molecule has 3 amide bonds. The Morgan fingerprint density at radius 1 is 1.43 bits per heavy atom. The second-order valence-electron chi connectivity index (χ2n) is 5.96. The monoisotopic (exact) mass is 416 g/mol. The molecule has 2 rings (SSSR count). The van der Waals surface area contributed by atoms with Crippen LogP contribution in [0.25, 0.3) is 0 Å². The van der Waals surface area contributed by atoms with Gasteiger partial charge in [-0.2, -0.15) is 18.7 Å². The molecule has 3 atom stereocenters. The maximum Gasteiger partial charge on any atom is 0.315 e. The first-order valence-electron chi connectivity index (χ1n) is 7.39. The Morgan fingerprint density at radius 2 is 2.04 bits per heavy atom. The molecule has 0 aromatic heterocycles. The molecule has 0 saturated carbocycles.